The lowest BCUT2D eigenvalue weighted by Crippen LogP contribution is -2.60. The highest BCUT2D eigenvalue weighted by atomic mass is 16.7. The van der Waals surface area contributed by atoms with Crippen LogP contribution in [0.15, 0.2) is 30.3 Å². The molecule has 2 heterocycles. The van der Waals surface area contributed by atoms with Crippen LogP contribution in [-0.2, 0) is 25.6 Å². The standard InChI is InChI=1S/C18H26O10/c19-10-7-26-17(15(23)12(10)20)27-8-11-13(21)14(22)16(24)18(28-11)25-6-9-4-2-1-3-5-9/h1-5,10-24H,6-8H2/t10-,11+,12-,13-,14-,15-,16-,17+,18+/m1/s1. The maximum absolute atomic E-state index is 10.1. The summed E-state index contributed by atoms with van der Waals surface area (Å²) in [4.78, 5) is 0. The molecular weight excluding hydrogens is 376 g/mol. The third-order valence-corrected chi connectivity index (χ3v) is 4.80. The first-order valence-electron chi connectivity index (χ1n) is 9.01. The Kier molecular flexibility index (Phi) is 7.34. The molecule has 1 aromatic carbocycles. The van der Waals surface area contributed by atoms with Crippen LogP contribution in [-0.4, -0.2) is 99.2 Å². The minimum atomic E-state index is -1.53. The van der Waals surface area contributed by atoms with E-state index >= 15 is 0 Å². The van der Waals surface area contributed by atoms with Crippen LogP contribution in [0.2, 0.25) is 0 Å². The molecule has 6 N–H and O–H groups in total. The molecule has 2 aliphatic heterocycles. The molecule has 0 bridgehead atoms. The van der Waals surface area contributed by atoms with Gasteiger partial charge in [0.2, 0.25) is 0 Å². The maximum Gasteiger partial charge on any atom is 0.187 e. The number of hydrogen-bond donors (Lipinski definition) is 6. The van der Waals surface area contributed by atoms with Crippen LogP contribution in [0.3, 0.4) is 0 Å². The van der Waals surface area contributed by atoms with Crippen molar-refractivity contribution in [3.63, 3.8) is 0 Å². The average Bonchev–Trinajstić information content (AvgIpc) is 2.71. The number of ether oxygens (including phenoxy) is 4. The van der Waals surface area contributed by atoms with Crippen molar-refractivity contribution in [3.8, 4) is 0 Å². The summed E-state index contributed by atoms with van der Waals surface area (Å²) in [5, 5.41) is 59.3. The molecule has 1 aromatic rings. The lowest BCUT2D eigenvalue weighted by molar-refractivity contribution is -0.322. The molecule has 158 valence electrons. The summed E-state index contributed by atoms with van der Waals surface area (Å²) in [6.45, 7) is -0.435. The van der Waals surface area contributed by atoms with Crippen molar-refractivity contribution < 1.29 is 49.6 Å². The first-order valence-corrected chi connectivity index (χ1v) is 9.01. The molecule has 28 heavy (non-hydrogen) atoms. The third kappa shape index (κ3) is 4.86. The predicted octanol–water partition coefficient (Wildman–Crippen LogP) is -2.53. The van der Waals surface area contributed by atoms with E-state index in [0.29, 0.717) is 0 Å². The zero-order valence-electron chi connectivity index (χ0n) is 15.0. The van der Waals surface area contributed by atoms with Gasteiger partial charge in [0.25, 0.3) is 0 Å². The monoisotopic (exact) mass is 402 g/mol. The number of hydrogen-bond acceptors (Lipinski definition) is 10. The number of aliphatic hydroxyl groups is 6. The Morgan fingerprint density at radius 1 is 0.786 bits per heavy atom. The van der Waals surface area contributed by atoms with Gasteiger partial charge in [-0.1, -0.05) is 30.3 Å². The number of aliphatic hydroxyl groups excluding tert-OH is 6. The minimum absolute atomic E-state index is 0.119. The van der Waals surface area contributed by atoms with Crippen LogP contribution < -0.4 is 0 Å². The molecule has 2 aliphatic rings. The molecule has 0 unspecified atom stereocenters. The zero-order valence-corrected chi connectivity index (χ0v) is 15.0. The largest absolute Gasteiger partial charge is 0.388 e. The van der Waals surface area contributed by atoms with Crippen molar-refractivity contribution in [1.29, 1.82) is 0 Å². The van der Waals surface area contributed by atoms with E-state index in [2.05, 4.69) is 0 Å². The molecule has 0 aliphatic carbocycles. The molecule has 9 atom stereocenters. The maximum atomic E-state index is 10.1. The number of benzene rings is 1. The van der Waals surface area contributed by atoms with E-state index in [1.165, 1.54) is 0 Å². The van der Waals surface area contributed by atoms with Crippen molar-refractivity contribution in [1.82, 2.24) is 0 Å². The summed E-state index contributed by atoms with van der Waals surface area (Å²) in [7, 11) is 0. The van der Waals surface area contributed by atoms with Gasteiger partial charge in [-0.2, -0.15) is 0 Å². The van der Waals surface area contributed by atoms with Crippen molar-refractivity contribution in [2.45, 2.75) is 61.9 Å². The van der Waals surface area contributed by atoms with Crippen LogP contribution in [0.5, 0.6) is 0 Å². The average molecular weight is 402 g/mol. The molecule has 0 amide bonds. The van der Waals surface area contributed by atoms with Gasteiger partial charge in [-0.15, -0.1) is 0 Å². The Balaban J connectivity index is 1.56. The summed E-state index contributed by atoms with van der Waals surface area (Å²) in [5.74, 6) is 0. The van der Waals surface area contributed by atoms with Gasteiger partial charge in [0, 0.05) is 0 Å². The van der Waals surface area contributed by atoms with Gasteiger partial charge < -0.3 is 49.6 Å². The second kappa shape index (κ2) is 9.55. The van der Waals surface area contributed by atoms with Gasteiger partial charge in [-0.25, -0.2) is 0 Å². The summed E-state index contributed by atoms with van der Waals surface area (Å²) in [5.41, 5.74) is 0.831. The van der Waals surface area contributed by atoms with Crippen LogP contribution in [0.4, 0.5) is 0 Å². The van der Waals surface area contributed by atoms with Gasteiger partial charge in [-0.05, 0) is 5.56 Å². The van der Waals surface area contributed by atoms with Crippen LogP contribution >= 0.6 is 0 Å². The lowest BCUT2D eigenvalue weighted by Gasteiger charge is -2.41. The van der Waals surface area contributed by atoms with E-state index < -0.39 is 55.3 Å². The quantitative estimate of drug-likeness (QED) is 0.300. The molecule has 0 radical (unpaired) electrons. The molecule has 3 rings (SSSR count). The van der Waals surface area contributed by atoms with Crippen molar-refractivity contribution in [2.75, 3.05) is 13.2 Å². The van der Waals surface area contributed by atoms with Crippen molar-refractivity contribution >= 4 is 0 Å². The van der Waals surface area contributed by atoms with Gasteiger partial charge in [0.1, 0.15) is 42.7 Å². The van der Waals surface area contributed by atoms with Crippen molar-refractivity contribution in [2.24, 2.45) is 0 Å². The van der Waals surface area contributed by atoms with E-state index in [9.17, 15) is 30.6 Å². The Labute approximate surface area is 161 Å². The van der Waals surface area contributed by atoms with Gasteiger partial charge in [0.05, 0.1) is 19.8 Å². The highest BCUT2D eigenvalue weighted by Gasteiger charge is 2.45. The summed E-state index contributed by atoms with van der Waals surface area (Å²) >= 11 is 0. The molecular formula is C18H26O10. The highest BCUT2D eigenvalue weighted by molar-refractivity contribution is 5.13. The van der Waals surface area contributed by atoms with E-state index in [1.54, 1.807) is 0 Å². The predicted molar refractivity (Wildman–Crippen MR) is 91.6 cm³/mol. The molecule has 0 saturated carbocycles. The molecule has 10 heteroatoms. The Morgan fingerprint density at radius 3 is 2.18 bits per heavy atom. The minimum Gasteiger partial charge on any atom is -0.388 e. The van der Waals surface area contributed by atoms with E-state index in [0.717, 1.165) is 5.56 Å². The fourth-order valence-corrected chi connectivity index (χ4v) is 3.06. The molecule has 2 fully saturated rings. The summed E-state index contributed by atoms with van der Waals surface area (Å²) in [6.07, 6.45) is -12.2. The van der Waals surface area contributed by atoms with Gasteiger partial charge in [0.15, 0.2) is 12.6 Å². The van der Waals surface area contributed by atoms with Gasteiger partial charge >= 0.3 is 0 Å². The van der Waals surface area contributed by atoms with Crippen LogP contribution in [0.25, 0.3) is 0 Å². The Bertz CT molecular complexity index is 601. The third-order valence-electron chi connectivity index (χ3n) is 4.80. The second-order valence-electron chi connectivity index (χ2n) is 6.89. The fraction of sp³-hybridized carbons (Fsp3) is 0.667. The molecule has 10 nitrogen and oxygen atoms in total. The topological polar surface area (TPSA) is 158 Å². The van der Waals surface area contributed by atoms with E-state index in [-0.39, 0.29) is 19.8 Å². The SMILES string of the molecule is O[C@H]1[C@@H](O)[C@@H](OCc2ccccc2)O[C@@H](CO[C@@H]2OC[C@@H](O)[C@@H](O)[C@H]2O)[C@H]1O. The normalized spacial score (nSPS) is 41.7. The summed E-state index contributed by atoms with van der Waals surface area (Å²) in [6, 6.07) is 9.14. The summed E-state index contributed by atoms with van der Waals surface area (Å²) < 4.78 is 21.5. The first kappa shape index (κ1) is 21.5. The van der Waals surface area contributed by atoms with E-state index in [4.69, 9.17) is 18.9 Å². The molecule has 2 saturated heterocycles. The van der Waals surface area contributed by atoms with Crippen LogP contribution in [0.1, 0.15) is 5.56 Å². The van der Waals surface area contributed by atoms with Gasteiger partial charge in [-0.3, -0.25) is 0 Å². The Morgan fingerprint density at radius 2 is 1.46 bits per heavy atom. The zero-order chi connectivity index (χ0) is 20.3. The first-order chi connectivity index (χ1) is 13.4. The highest BCUT2D eigenvalue weighted by Crippen LogP contribution is 2.25. The fourth-order valence-electron chi connectivity index (χ4n) is 3.06. The number of rotatable bonds is 6. The molecule has 0 aromatic heterocycles. The van der Waals surface area contributed by atoms with E-state index in [1.807, 2.05) is 30.3 Å². The molecule has 0 spiro atoms. The Hall–Kier alpha value is -1.18. The second-order valence-corrected chi connectivity index (χ2v) is 6.89. The smallest absolute Gasteiger partial charge is 0.187 e. The van der Waals surface area contributed by atoms with Crippen LogP contribution in [0, 0.1) is 0 Å². The lowest BCUT2D eigenvalue weighted by atomic mass is 9.99. The van der Waals surface area contributed by atoms with Crippen molar-refractivity contribution in [3.05, 3.63) is 35.9 Å².